The molecule has 6 nitrogen and oxygen atoms in total. The lowest BCUT2D eigenvalue weighted by Gasteiger charge is -2.30. The predicted molar refractivity (Wildman–Crippen MR) is 155 cm³/mol. The third-order valence-electron chi connectivity index (χ3n) is 8.28. The van der Waals surface area contributed by atoms with Gasteiger partial charge in [0.1, 0.15) is 29.4 Å². The number of nitrogens with one attached hydrogen (secondary N) is 1. The van der Waals surface area contributed by atoms with E-state index in [1.807, 2.05) is 12.1 Å². The standard InChI is InChI=1S/C32H46N4O2/c1-25-11-13-28(14-12-25)38-24-31-34-32-29(36(31)21-5-8-27-15-17-33-18-16-27)9-3-10-30(32)37-22-6-20-35-19-4-7-26(2)23-35/h3,9-14,26-27,33H,4-8,15-24H2,1-2H3. The summed E-state index contributed by atoms with van der Waals surface area (Å²) in [6.45, 7) is 12.5. The molecule has 0 amide bonds. The summed E-state index contributed by atoms with van der Waals surface area (Å²) in [6, 6.07) is 14.6. The van der Waals surface area contributed by atoms with Crippen LogP contribution in [0.15, 0.2) is 42.5 Å². The summed E-state index contributed by atoms with van der Waals surface area (Å²) in [7, 11) is 0. The fourth-order valence-corrected chi connectivity index (χ4v) is 6.10. The molecule has 3 aromatic rings. The summed E-state index contributed by atoms with van der Waals surface area (Å²) in [5.41, 5.74) is 3.35. The maximum absolute atomic E-state index is 6.33. The van der Waals surface area contributed by atoms with Crippen LogP contribution >= 0.6 is 0 Å². The molecule has 0 radical (unpaired) electrons. The van der Waals surface area contributed by atoms with Crippen molar-refractivity contribution in [3.8, 4) is 11.5 Å². The average Bonchev–Trinajstić information content (AvgIpc) is 3.29. The van der Waals surface area contributed by atoms with Crippen molar-refractivity contribution in [1.82, 2.24) is 19.8 Å². The molecule has 5 rings (SSSR count). The fraction of sp³-hybridized carbons (Fsp3) is 0.594. The molecular formula is C32H46N4O2. The number of aromatic nitrogens is 2. The van der Waals surface area contributed by atoms with Crippen LogP contribution in [-0.4, -0.2) is 53.8 Å². The van der Waals surface area contributed by atoms with E-state index in [0.29, 0.717) is 6.61 Å². The molecule has 1 N–H and O–H groups in total. The van der Waals surface area contributed by atoms with Crippen molar-refractivity contribution in [3.05, 3.63) is 53.9 Å². The number of hydrogen-bond acceptors (Lipinski definition) is 5. The highest BCUT2D eigenvalue weighted by atomic mass is 16.5. The maximum atomic E-state index is 6.33. The van der Waals surface area contributed by atoms with Gasteiger partial charge in [-0.1, -0.05) is 30.7 Å². The molecule has 0 saturated carbocycles. The van der Waals surface area contributed by atoms with Gasteiger partial charge in [-0.3, -0.25) is 0 Å². The Bertz CT molecular complexity index is 1140. The van der Waals surface area contributed by atoms with E-state index in [9.17, 15) is 0 Å². The summed E-state index contributed by atoms with van der Waals surface area (Å²) in [6.07, 6.45) is 8.75. The molecule has 0 bridgehead atoms. The minimum Gasteiger partial charge on any atom is -0.491 e. The Hall–Kier alpha value is -2.57. The summed E-state index contributed by atoms with van der Waals surface area (Å²) in [5.74, 6) is 4.40. The minimum atomic E-state index is 0.456. The van der Waals surface area contributed by atoms with Gasteiger partial charge in [0.05, 0.1) is 12.1 Å². The Morgan fingerprint density at radius 1 is 0.974 bits per heavy atom. The molecule has 1 unspecified atom stereocenters. The van der Waals surface area contributed by atoms with Crippen LogP contribution < -0.4 is 14.8 Å². The van der Waals surface area contributed by atoms with Gasteiger partial charge in [0, 0.05) is 19.6 Å². The summed E-state index contributed by atoms with van der Waals surface area (Å²) in [4.78, 5) is 7.67. The third kappa shape index (κ3) is 7.29. The number of hydrogen-bond donors (Lipinski definition) is 1. The summed E-state index contributed by atoms with van der Waals surface area (Å²) in [5, 5.41) is 3.49. The lowest BCUT2D eigenvalue weighted by atomic mass is 9.93. The number of imidazole rings is 1. The zero-order chi connectivity index (χ0) is 26.2. The molecule has 38 heavy (non-hydrogen) atoms. The van der Waals surface area contributed by atoms with E-state index in [1.54, 1.807) is 0 Å². The van der Waals surface area contributed by atoms with Crippen molar-refractivity contribution in [2.75, 3.05) is 39.3 Å². The average molecular weight is 519 g/mol. The number of likely N-dealkylation sites (tertiary alicyclic amines) is 1. The van der Waals surface area contributed by atoms with E-state index in [1.165, 1.54) is 50.8 Å². The van der Waals surface area contributed by atoms with Crippen LogP contribution in [-0.2, 0) is 13.2 Å². The van der Waals surface area contributed by atoms with Crippen LogP contribution in [0.2, 0.25) is 0 Å². The van der Waals surface area contributed by atoms with Gasteiger partial charge in [0.25, 0.3) is 0 Å². The van der Waals surface area contributed by atoms with Gasteiger partial charge in [-0.05, 0) is 108 Å². The Morgan fingerprint density at radius 2 is 1.82 bits per heavy atom. The third-order valence-corrected chi connectivity index (χ3v) is 8.28. The molecule has 0 spiro atoms. The van der Waals surface area contributed by atoms with Gasteiger partial charge in [0.2, 0.25) is 0 Å². The van der Waals surface area contributed by atoms with E-state index in [-0.39, 0.29) is 0 Å². The highest BCUT2D eigenvalue weighted by Gasteiger charge is 2.18. The van der Waals surface area contributed by atoms with E-state index < -0.39 is 0 Å². The quantitative estimate of drug-likeness (QED) is 0.289. The minimum absolute atomic E-state index is 0.456. The first-order valence-electron chi connectivity index (χ1n) is 14.9. The van der Waals surface area contributed by atoms with Crippen molar-refractivity contribution < 1.29 is 9.47 Å². The molecule has 2 aliphatic heterocycles. The van der Waals surface area contributed by atoms with Crippen molar-refractivity contribution >= 4 is 11.0 Å². The van der Waals surface area contributed by atoms with E-state index in [2.05, 4.69) is 59.0 Å². The molecule has 2 aromatic carbocycles. The second kappa shape index (κ2) is 13.5. The highest BCUT2D eigenvalue weighted by molar-refractivity contribution is 5.82. The number of ether oxygens (including phenoxy) is 2. The SMILES string of the molecule is Cc1ccc(OCc2nc3c(OCCCN4CCCC(C)C4)cccc3n2CCCC2CCNCC2)cc1. The predicted octanol–water partition coefficient (Wildman–Crippen LogP) is 6.20. The summed E-state index contributed by atoms with van der Waals surface area (Å²) >= 11 is 0. The normalized spacial score (nSPS) is 19.2. The number of aryl methyl sites for hydroxylation is 2. The number of piperidine rings is 2. The second-order valence-corrected chi connectivity index (χ2v) is 11.5. The van der Waals surface area contributed by atoms with Gasteiger partial charge in [-0.25, -0.2) is 4.98 Å². The number of benzene rings is 2. The Kier molecular flexibility index (Phi) is 9.58. The highest BCUT2D eigenvalue weighted by Crippen LogP contribution is 2.28. The van der Waals surface area contributed by atoms with Crippen LogP contribution in [0.1, 0.15) is 63.3 Å². The first-order chi connectivity index (χ1) is 18.7. The van der Waals surface area contributed by atoms with Crippen LogP contribution in [0.3, 0.4) is 0 Å². The smallest absolute Gasteiger partial charge is 0.148 e. The van der Waals surface area contributed by atoms with Crippen molar-refractivity contribution in [2.45, 2.75) is 71.9 Å². The molecule has 2 saturated heterocycles. The summed E-state index contributed by atoms with van der Waals surface area (Å²) < 4.78 is 14.9. The van der Waals surface area contributed by atoms with Gasteiger partial charge < -0.3 is 24.3 Å². The monoisotopic (exact) mass is 518 g/mol. The first kappa shape index (κ1) is 27.0. The maximum Gasteiger partial charge on any atom is 0.148 e. The number of para-hydroxylation sites is 1. The molecule has 1 atom stereocenters. The van der Waals surface area contributed by atoms with E-state index >= 15 is 0 Å². The zero-order valence-corrected chi connectivity index (χ0v) is 23.5. The lowest BCUT2D eigenvalue weighted by Crippen LogP contribution is -2.35. The number of rotatable bonds is 12. The largest absolute Gasteiger partial charge is 0.491 e. The molecule has 0 aliphatic carbocycles. The Balaban J connectivity index is 1.26. The first-order valence-corrected chi connectivity index (χ1v) is 14.9. The van der Waals surface area contributed by atoms with Gasteiger partial charge in [-0.15, -0.1) is 0 Å². The van der Waals surface area contributed by atoms with Crippen molar-refractivity contribution in [3.63, 3.8) is 0 Å². The molecule has 3 heterocycles. The van der Waals surface area contributed by atoms with Crippen LogP contribution in [0.4, 0.5) is 0 Å². The Morgan fingerprint density at radius 3 is 2.63 bits per heavy atom. The second-order valence-electron chi connectivity index (χ2n) is 11.5. The van der Waals surface area contributed by atoms with Crippen LogP contribution in [0.5, 0.6) is 11.5 Å². The van der Waals surface area contributed by atoms with Crippen molar-refractivity contribution in [2.24, 2.45) is 11.8 Å². The van der Waals surface area contributed by atoms with Crippen molar-refractivity contribution in [1.29, 1.82) is 0 Å². The zero-order valence-electron chi connectivity index (χ0n) is 23.5. The Labute approximate surface area is 228 Å². The fourth-order valence-electron chi connectivity index (χ4n) is 6.10. The number of nitrogens with zero attached hydrogens (tertiary/aromatic N) is 3. The molecule has 6 heteroatoms. The molecule has 1 aromatic heterocycles. The lowest BCUT2D eigenvalue weighted by molar-refractivity contribution is 0.170. The van der Waals surface area contributed by atoms with E-state index in [4.69, 9.17) is 14.5 Å². The van der Waals surface area contributed by atoms with Crippen LogP contribution in [0.25, 0.3) is 11.0 Å². The topological polar surface area (TPSA) is 51.6 Å². The van der Waals surface area contributed by atoms with Crippen LogP contribution in [0, 0.1) is 18.8 Å². The van der Waals surface area contributed by atoms with Gasteiger partial charge in [0.15, 0.2) is 0 Å². The van der Waals surface area contributed by atoms with Gasteiger partial charge in [-0.2, -0.15) is 0 Å². The molecule has 2 aliphatic rings. The molecule has 2 fully saturated rings. The van der Waals surface area contributed by atoms with E-state index in [0.717, 1.165) is 85.8 Å². The van der Waals surface area contributed by atoms with Gasteiger partial charge >= 0.3 is 0 Å². The molecular weight excluding hydrogens is 472 g/mol. The number of fused-ring (bicyclic) bond motifs is 1. The molecule has 206 valence electrons.